The number of carbonyl (C=O) groups is 1. The van der Waals surface area contributed by atoms with Crippen molar-refractivity contribution >= 4 is 22.4 Å². The first-order chi connectivity index (χ1) is 12.7. The van der Waals surface area contributed by atoms with E-state index in [1.165, 1.54) is 12.8 Å². The summed E-state index contributed by atoms with van der Waals surface area (Å²) < 4.78 is 11.6. The Bertz CT molecular complexity index is 783. The number of pyridine rings is 1. The Morgan fingerprint density at radius 3 is 2.42 bits per heavy atom. The molecule has 2 aliphatic rings. The van der Waals surface area contributed by atoms with E-state index in [0.29, 0.717) is 24.9 Å². The van der Waals surface area contributed by atoms with Gasteiger partial charge in [0.05, 0.1) is 37.3 Å². The molecule has 1 aliphatic heterocycles. The summed E-state index contributed by atoms with van der Waals surface area (Å²) in [5.74, 6) is -0.407. The Labute approximate surface area is 153 Å². The van der Waals surface area contributed by atoms with E-state index in [9.17, 15) is 4.79 Å². The molecule has 0 radical (unpaired) electrons. The van der Waals surface area contributed by atoms with Crippen LogP contribution in [0.5, 0.6) is 0 Å². The molecule has 1 amide bonds. The lowest BCUT2D eigenvalue weighted by Gasteiger charge is -2.34. The van der Waals surface area contributed by atoms with Crippen LogP contribution in [-0.4, -0.2) is 49.4 Å². The summed E-state index contributed by atoms with van der Waals surface area (Å²) in [4.78, 5) is 18.2. The lowest BCUT2D eigenvalue weighted by molar-refractivity contribution is -0.00870. The first-order valence-corrected chi connectivity index (χ1v) is 9.36. The number of piperidine rings is 1. The smallest absolute Gasteiger partial charge is 0.248 e. The van der Waals surface area contributed by atoms with E-state index >= 15 is 0 Å². The second kappa shape index (κ2) is 7.60. The van der Waals surface area contributed by atoms with Crippen molar-refractivity contribution in [1.29, 1.82) is 0 Å². The second-order valence-corrected chi connectivity index (χ2v) is 7.09. The summed E-state index contributed by atoms with van der Waals surface area (Å²) in [6.07, 6.45) is 8.84. The average molecular weight is 355 g/mol. The number of primary amides is 1. The van der Waals surface area contributed by atoms with Crippen LogP contribution in [0.2, 0.25) is 0 Å². The van der Waals surface area contributed by atoms with Crippen molar-refractivity contribution in [3.8, 4) is 0 Å². The molecule has 0 atom stereocenters. The molecule has 26 heavy (non-hydrogen) atoms. The van der Waals surface area contributed by atoms with Gasteiger partial charge in [0.25, 0.3) is 0 Å². The van der Waals surface area contributed by atoms with Gasteiger partial charge in [-0.1, -0.05) is 6.07 Å². The lowest BCUT2D eigenvalue weighted by atomic mass is 10.0. The van der Waals surface area contributed by atoms with Gasteiger partial charge in [-0.15, -0.1) is 0 Å². The summed E-state index contributed by atoms with van der Waals surface area (Å²) >= 11 is 0. The van der Waals surface area contributed by atoms with Crippen molar-refractivity contribution in [1.82, 2.24) is 4.98 Å². The summed E-state index contributed by atoms with van der Waals surface area (Å²) in [6.45, 7) is 3.21. The number of hydrogen-bond acceptors (Lipinski definition) is 5. The van der Waals surface area contributed by atoms with Crippen LogP contribution in [0.4, 0.5) is 5.69 Å². The van der Waals surface area contributed by atoms with Gasteiger partial charge in [0.1, 0.15) is 0 Å². The lowest BCUT2D eigenvalue weighted by Crippen LogP contribution is -2.37. The molecule has 0 unspecified atom stereocenters. The molecule has 0 bridgehead atoms. The zero-order chi connectivity index (χ0) is 17.9. The molecule has 1 aromatic carbocycles. The molecule has 1 aliphatic carbocycles. The molecular formula is C20H25N3O3. The number of nitrogens with two attached hydrogens (primary N) is 1. The molecule has 0 spiro atoms. The van der Waals surface area contributed by atoms with Crippen molar-refractivity contribution in [2.24, 2.45) is 5.73 Å². The van der Waals surface area contributed by atoms with Crippen LogP contribution < -0.4 is 10.6 Å². The number of rotatable bonds is 7. The van der Waals surface area contributed by atoms with E-state index in [-0.39, 0.29) is 6.10 Å². The first kappa shape index (κ1) is 17.2. The van der Waals surface area contributed by atoms with Gasteiger partial charge in [0.2, 0.25) is 5.91 Å². The average Bonchev–Trinajstić information content (AvgIpc) is 3.49. The molecule has 1 aromatic heterocycles. The molecule has 2 N–H and O–H groups in total. The Kier molecular flexibility index (Phi) is 5.04. The molecule has 2 fully saturated rings. The third-order valence-electron chi connectivity index (χ3n) is 5.12. The van der Waals surface area contributed by atoms with Crippen LogP contribution in [-0.2, 0) is 9.47 Å². The highest BCUT2D eigenvalue weighted by Gasteiger charge is 2.23. The van der Waals surface area contributed by atoms with E-state index in [4.69, 9.17) is 15.2 Å². The molecule has 2 aromatic rings. The minimum Gasteiger partial charge on any atom is -0.376 e. The van der Waals surface area contributed by atoms with Gasteiger partial charge >= 0.3 is 0 Å². The fourth-order valence-corrected chi connectivity index (χ4v) is 3.48. The predicted molar refractivity (Wildman–Crippen MR) is 100 cm³/mol. The Balaban J connectivity index is 1.38. The second-order valence-electron chi connectivity index (χ2n) is 7.09. The summed E-state index contributed by atoms with van der Waals surface area (Å²) in [6, 6.07) is 5.52. The van der Waals surface area contributed by atoms with Gasteiger partial charge in [0.15, 0.2) is 0 Å². The number of benzene rings is 1. The van der Waals surface area contributed by atoms with Gasteiger partial charge in [-0.3, -0.25) is 9.78 Å². The van der Waals surface area contributed by atoms with Crippen LogP contribution >= 0.6 is 0 Å². The first-order valence-electron chi connectivity index (χ1n) is 9.36. The van der Waals surface area contributed by atoms with Crippen LogP contribution in [0.15, 0.2) is 30.6 Å². The van der Waals surface area contributed by atoms with Gasteiger partial charge < -0.3 is 20.1 Å². The minimum absolute atomic E-state index is 0.290. The molecule has 1 saturated carbocycles. The number of aromatic nitrogens is 1. The van der Waals surface area contributed by atoms with E-state index in [0.717, 1.165) is 42.4 Å². The maximum absolute atomic E-state index is 11.5. The Morgan fingerprint density at radius 1 is 1.08 bits per heavy atom. The van der Waals surface area contributed by atoms with Gasteiger partial charge in [-0.2, -0.15) is 0 Å². The molecule has 2 heterocycles. The molecule has 4 rings (SSSR count). The summed E-state index contributed by atoms with van der Waals surface area (Å²) in [5, 5.41) is 2.04. The maximum atomic E-state index is 11.5. The predicted octanol–water partition coefficient (Wildman–Crippen LogP) is 2.50. The highest BCUT2D eigenvalue weighted by molar-refractivity contribution is 6.01. The third-order valence-corrected chi connectivity index (χ3v) is 5.12. The molecule has 138 valence electrons. The van der Waals surface area contributed by atoms with Crippen LogP contribution in [0.25, 0.3) is 10.8 Å². The highest BCUT2D eigenvalue weighted by atomic mass is 16.5. The van der Waals surface area contributed by atoms with Gasteiger partial charge in [0, 0.05) is 35.6 Å². The molecule has 6 heteroatoms. The minimum atomic E-state index is -0.407. The summed E-state index contributed by atoms with van der Waals surface area (Å²) in [5.41, 5.74) is 7.02. The number of fused-ring (bicyclic) bond motifs is 1. The number of carbonyl (C=O) groups excluding carboxylic acids is 1. The Hall–Kier alpha value is -2.18. The van der Waals surface area contributed by atoms with E-state index in [2.05, 4.69) is 9.88 Å². The van der Waals surface area contributed by atoms with Crippen LogP contribution in [0.3, 0.4) is 0 Å². The van der Waals surface area contributed by atoms with Crippen LogP contribution in [0, 0.1) is 0 Å². The van der Waals surface area contributed by atoms with E-state index in [1.54, 1.807) is 6.07 Å². The van der Waals surface area contributed by atoms with Crippen molar-refractivity contribution < 1.29 is 14.3 Å². The Morgan fingerprint density at radius 2 is 1.77 bits per heavy atom. The number of nitrogens with zero attached hydrogens (tertiary/aromatic N) is 2. The SMILES string of the molecule is NC(=O)c1ccc2cncc(N3CCC(OCCOC4CC4)CC3)c2c1. The fourth-order valence-electron chi connectivity index (χ4n) is 3.48. The third kappa shape index (κ3) is 3.97. The summed E-state index contributed by atoms with van der Waals surface area (Å²) in [7, 11) is 0. The highest BCUT2D eigenvalue weighted by Crippen LogP contribution is 2.29. The van der Waals surface area contributed by atoms with Crippen molar-refractivity contribution in [2.45, 2.75) is 37.9 Å². The van der Waals surface area contributed by atoms with Crippen molar-refractivity contribution in [2.75, 3.05) is 31.2 Å². The van der Waals surface area contributed by atoms with E-state index < -0.39 is 5.91 Å². The number of amides is 1. The number of anilines is 1. The molecular weight excluding hydrogens is 330 g/mol. The number of ether oxygens (including phenoxy) is 2. The van der Waals surface area contributed by atoms with Crippen molar-refractivity contribution in [3.63, 3.8) is 0 Å². The number of hydrogen-bond donors (Lipinski definition) is 1. The van der Waals surface area contributed by atoms with Gasteiger partial charge in [-0.25, -0.2) is 0 Å². The van der Waals surface area contributed by atoms with Crippen molar-refractivity contribution in [3.05, 3.63) is 36.2 Å². The topological polar surface area (TPSA) is 77.7 Å². The van der Waals surface area contributed by atoms with Crippen LogP contribution in [0.1, 0.15) is 36.0 Å². The fraction of sp³-hybridized carbons (Fsp3) is 0.500. The molecule has 6 nitrogen and oxygen atoms in total. The monoisotopic (exact) mass is 355 g/mol. The quantitative estimate of drug-likeness (QED) is 0.772. The zero-order valence-corrected chi connectivity index (χ0v) is 14.9. The zero-order valence-electron chi connectivity index (χ0n) is 14.9. The standard InChI is InChI=1S/C20H25N3O3/c21-20(24)14-1-2-15-12-22-13-19(18(15)11-14)23-7-5-17(6-8-23)26-10-9-25-16-3-4-16/h1-2,11-13,16-17H,3-10H2,(H2,21,24). The van der Waals surface area contributed by atoms with Gasteiger partial charge in [-0.05, 0) is 37.8 Å². The normalized spacial score (nSPS) is 18.4. The molecule has 1 saturated heterocycles. The van der Waals surface area contributed by atoms with E-state index in [1.807, 2.05) is 24.5 Å². The largest absolute Gasteiger partial charge is 0.376 e. The maximum Gasteiger partial charge on any atom is 0.248 e.